The molecule has 1 aliphatic heterocycles. The van der Waals surface area contributed by atoms with Crippen LogP contribution in [0.4, 0.5) is 0 Å². The number of halogens is 1. The van der Waals surface area contributed by atoms with Crippen molar-refractivity contribution in [2.75, 3.05) is 18.8 Å². The molecule has 3 rings (SSSR count). The molecule has 21 heavy (non-hydrogen) atoms. The minimum atomic E-state index is -3.10. The summed E-state index contributed by atoms with van der Waals surface area (Å²) in [5.41, 5.74) is 3.32. The third-order valence-electron chi connectivity index (χ3n) is 3.92. The number of aromatic amines is 1. The van der Waals surface area contributed by atoms with Gasteiger partial charge in [0.05, 0.1) is 5.75 Å². The van der Waals surface area contributed by atoms with Gasteiger partial charge in [0.25, 0.3) is 0 Å². The topological polar surface area (TPSA) is 53.2 Å². The quantitative estimate of drug-likeness (QED) is 0.942. The van der Waals surface area contributed by atoms with E-state index in [1.807, 2.05) is 30.5 Å². The van der Waals surface area contributed by atoms with E-state index < -0.39 is 10.0 Å². The van der Waals surface area contributed by atoms with E-state index in [1.165, 1.54) is 5.57 Å². The molecule has 0 radical (unpaired) electrons. The van der Waals surface area contributed by atoms with Crippen molar-refractivity contribution in [2.24, 2.45) is 0 Å². The first kappa shape index (κ1) is 14.6. The first-order chi connectivity index (χ1) is 10.0. The molecule has 112 valence electrons. The Morgan fingerprint density at radius 2 is 2.19 bits per heavy atom. The minimum Gasteiger partial charge on any atom is -0.361 e. The van der Waals surface area contributed by atoms with Crippen LogP contribution in [0.3, 0.4) is 0 Å². The summed E-state index contributed by atoms with van der Waals surface area (Å²) in [5.74, 6) is 0.155. The van der Waals surface area contributed by atoms with Gasteiger partial charge in [-0.1, -0.05) is 23.7 Å². The smallest absolute Gasteiger partial charge is 0.214 e. The SMILES string of the molecule is CCS(=O)(=O)N1CC=C(c2c[nH]c3cc(Cl)ccc23)CC1. The molecule has 4 nitrogen and oxygen atoms in total. The number of hydrogen-bond acceptors (Lipinski definition) is 2. The Labute approximate surface area is 129 Å². The zero-order valence-electron chi connectivity index (χ0n) is 11.8. The highest BCUT2D eigenvalue weighted by Gasteiger charge is 2.23. The lowest BCUT2D eigenvalue weighted by atomic mass is 10.00. The number of nitrogens with one attached hydrogen (secondary N) is 1. The molecule has 0 spiro atoms. The van der Waals surface area contributed by atoms with Crippen LogP contribution in [0, 0.1) is 0 Å². The Balaban J connectivity index is 1.91. The van der Waals surface area contributed by atoms with Gasteiger partial charge in [-0.3, -0.25) is 0 Å². The molecule has 0 unspecified atom stereocenters. The van der Waals surface area contributed by atoms with Gasteiger partial charge in [-0.15, -0.1) is 0 Å². The largest absolute Gasteiger partial charge is 0.361 e. The van der Waals surface area contributed by atoms with E-state index in [2.05, 4.69) is 4.98 Å². The second-order valence-corrected chi connectivity index (χ2v) is 7.82. The average Bonchev–Trinajstić information content (AvgIpc) is 2.90. The summed E-state index contributed by atoms with van der Waals surface area (Å²) in [5, 5.41) is 1.83. The maximum Gasteiger partial charge on any atom is 0.214 e. The van der Waals surface area contributed by atoms with Crippen molar-refractivity contribution in [3.63, 3.8) is 0 Å². The van der Waals surface area contributed by atoms with E-state index in [0.717, 1.165) is 22.9 Å². The first-order valence-corrected chi connectivity index (χ1v) is 8.94. The number of fused-ring (bicyclic) bond motifs is 1. The molecule has 1 N–H and O–H groups in total. The fourth-order valence-electron chi connectivity index (χ4n) is 2.69. The lowest BCUT2D eigenvalue weighted by molar-refractivity contribution is 0.442. The summed E-state index contributed by atoms with van der Waals surface area (Å²) in [7, 11) is -3.10. The van der Waals surface area contributed by atoms with Crippen LogP contribution < -0.4 is 0 Å². The Morgan fingerprint density at radius 1 is 1.38 bits per heavy atom. The van der Waals surface area contributed by atoms with Gasteiger partial charge in [-0.2, -0.15) is 4.31 Å². The Kier molecular flexibility index (Phi) is 3.82. The first-order valence-electron chi connectivity index (χ1n) is 6.95. The molecule has 1 aromatic heterocycles. The summed E-state index contributed by atoms with van der Waals surface area (Å²) in [6.07, 6.45) is 4.71. The molecule has 1 aliphatic rings. The fraction of sp³-hybridized carbons (Fsp3) is 0.333. The Morgan fingerprint density at radius 3 is 2.86 bits per heavy atom. The number of H-pyrrole nitrogens is 1. The molecule has 0 fully saturated rings. The summed E-state index contributed by atoms with van der Waals surface area (Å²) in [6.45, 7) is 2.67. The molecule has 1 aromatic carbocycles. The van der Waals surface area contributed by atoms with Gasteiger partial charge in [0, 0.05) is 40.8 Å². The lowest BCUT2D eigenvalue weighted by Gasteiger charge is -2.25. The second-order valence-electron chi connectivity index (χ2n) is 5.13. The molecule has 2 aromatic rings. The van der Waals surface area contributed by atoms with Crippen LogP contribution in [0.15, 0.2) is 30.5 Å². The number of hydrogen-bond donors (Lipinski definition) is 1. The number of aromatic nitrogens is 1. The van der Waals surface area contributed by atoms with E-state index in [4.69, 9.17) is 11.6 Å². The van der Waals surface area contributed by atoms with Crippen LogP contribution in [0.25, 0.3) is 16.5 Å². The fourth-order valence-corrected chi connectivity index (χ4v) is 3.90. The third kappa shape index (κ3) is 2.73. The van der Waals surface area contributed by atoms with Crippen molar-refractivity contribution >= 4 is 38.1 Å². The molecule has 0 saturated heterocycles. The van der Waals surface area contributed by atoms with Crippen molar-refractivity contribution in [1.82, 2.24) is 9.29 Å². The summed E-state index contributed by atoms with van der Waals surface area (Å²) >= 11 is 5.99. The van der Waals surface area contributed by atoms with Crippen LogP contribution >= 0.6 is 11.6 Å². The monoisotopic (exact) mass is 324 g/mol. The number of sulfonamides is 1. The van der Waals surface area contributed by atoms with Crippen molar-refractivity contribution in [1.29, 1.82) is 0 Å². The average molecular weight is 325 g/mol. The van der Waals surface area contributed by atoms with Crippen LogP contribution in [0.1, 0.15) is 18.9 Å². The highest BCUT2D eigenvalue weighted by molar-refractivity contribution is 7.89. The molecule has 0 amide bonds. The van der Waals surface area contributed by atoms with Crippen molar-refractivity contribution in [3.05, 3.63) is 41.1 Å². The van der Waals surface area contributed by atoms with E-state index in [1.54, 1.807) is 11.2 Å². The maximum absolute atomic E-state index is 11.9. The van der Waals surface area contributed by atoms with Gasteiger partial charge in [0.15, 0.2) is 0 Å². The predicted octanol–water partition coefficient (Wildman–Crippen LogP) is 3.26. The standard InChI is InChI=1S/C15H17ClN2O2S/c1-2-21(19,20)18-7-5-11(6-8-18)14-10-17-15-9-12(16)3-4-13(14)15/h3-5,9-10,17H,2,6-8H2,1H3. The molecular weight excluding hydrogens is 308 g/mol. The summed E-state index contributed by atoms with van der Waals surface area (Å²) in [4.78, 5) is 3.22. The number of benzene rings is 1. The van der Waals surface area contributed by atoms with Gasteiger partial charge in [0.1, 0.15) is 0 Å². The third-order valence-corrected chi connectivity index (χ3v) is 6.00. The summed E-state index contributed by atoms with van der Waals surface area (Å²) < 4.78 is 25.3. The molecule has 0 bridgehead atoms. The van der Waals surface area contributed by atoms with Crippen LogP contribution in [-0.4, -0.2) is 36.5 Å². The van der Waals surface area contributed by atoms with Gasteiger partial charge in [-0.05, 0) is 31.1 Å². The second kappa shape index (κ2) is 5.48. The van der Waals surface area contributed by atoms with Gasteiger partial charge < -0.3 is 4.98 Å². The van der Waals surface area contributed by atoms with Crippen LogP contribution in [0.2, 0.25) is 5.02 Å². The maximum atomic E-state index is 11.9. The van der Waals surface area contributed by atoms with Gasteiger partial charge in [0.2, 0.25) is 10.0 Å². The highest BCUT2D eigenvalue weighted by atomic mass is 35.5. The molecule has 0 aliphatic carbocycles. The lowest BCUT2D eigenvalue weighted by Crippen LogP contribution is -2.35. The molecule has 2 heterocycles. The zero-order valence-corrected chi connectivity index (χ0v) is 13.3. The van der Waals surface area contributed by atoms with Crippen molar-refractivity contribution < 1.29 is 8.42 Å². The van der Waals surface area contributed by atoms with Gasteiger partial charge in [-0.25, -0.2) is 8.42 Å². The van der Waals surface area contributed by atoms with Crippen LogP contribution in [0.5, 0.6) is 0 Å². The van der Waals surface area contributed by atoms with Crippen molar-refractivity contribution in [2.45, 2.75) is 13.3 Å². The van der Waals surface area contributed by atoms with E-state index in [9.17, 15) is 8.42 Å². The van der Waals surface area contributed by atoms with E-state index >= 15 is 0 Å². The zero-order chi connectivity index (χ0) is 15.0. The van der Waals surface area contributed by atoms with E-state index in [0.29, 0.717) is 18.1 Å². The van der Waals surface area contributed by atoms with E-state index in [-0.39, 0.29) is 5.75 Å². The predicted molar refractivity (Wildman–Crippen MR) is 86.9 cm³/mol. The summed E-state index contributed by atoms with van der Waals surface area (Å²) in [6, 6.07) is 5.77. The Hall–Kier alpha value is -1.30. The highest BCUT2D eigenvalue weighted by Crippen LogP contribution is 2.31. The number of nitrogens with zero attached hydrogens (tertiary/aromatic N) is 1. The molecule has 0 saturated carbocycles. The normalized spacial score (nSPS) is 17.1. The van der Waals surface area contributed by atoms with Crippen LogP contribution in [-0.2, 0) is 10.0 Å². The molecule has 0 atom stereocenters. The van der Waals surface area contributed by atoms with Crippen molar-refractivity contribution in [3.8, 4) is 0 Å². The minimum absolute atomic E-state index is 0.155. The van der Waals surface area contributed by atoms with Gasteiger partial charge >= 0.3 is 0 Å². The molecular formula is C15H17ClN2O2S. The molecule has 6 heteroatoms. The number of rotatable bonds is 3. The Bertz CT molecular complexity index is 808.